The van der Waals surface area contributed by atoms with Gasteiger partial charge in [0, 0.05) is 19.2 Å². The highest BCUT2D eigenvalue weighted by Gasteiger charge is 2.62. The Bertz CT molecular complexity index is 1180. The summed E-state index contributed by atoms with van der Waals surface area (Å²) in [5.74, 6) is 2.65. The molecule has 0 aliphatic heterocycles. The standard InChI is InChI=1S/C29H41ClN4O3/c1-27(36)11-12-29(17-37-3)18(14-27)5-4-6-20-21-7-8-23(28(21,2)10-9-22(20)29)25(35)16-34-32-24-13-19(30)15-31-26(24)33-34/h13,15,18,20-23,36H,4-12,14,16-17H2,1-3H3/t18-,20+,21-,22-,23+,27+,28?,29+/m0/s1. The van der Waals surface area contributed by atoms with E-state index in [1.165, 1.54) is 24.1 Å². The molecule has 7 nitrogen and oxygen atoms in total. The van der Waals surface area contributed by atoms with E-state index >= 15 is 0 Å². The fraction of sp³-hybridized carbons (Fsp3) is 0.793. The molecule has 8 heteroatoms. The van der Waals surface area contributed by atoms with Crippen LogP contribution in [0.15, 0.2) is 12.3 Å². The highest BCUT2D eigenvalue weighted by molar-refractivity contribution is 6.30. The van der Waals surface area contributed by atoms with Gasteiger partial charge in [-0.3, -0.25) is 4.79 Å². The van der Waals surface area contributed by atoms with Crippen molar-refractivity contribution < 1.29 is 14.6 Å². The second-order valence-electron chi connectivity index (χ2n) is 13.2. The molecule has 0 aromatic carbocycles. The van der Waals surface area contributed by atoms with Gasteiger partial charge in [0.1, 0.15) is 12.1 Å². The van der Waals surface area contributed by atoms with Crippen molar-refractivity contribution in [2.24, 2.45) is 40.4 Å². The van der Waals surface area contributed by atoms with E-state index in [-0.39, 0.29) is 29.1 Å². The van der Waals surface area contributed by atoms with Crippen LogP contribution in [0.1, 0.15) is 78.1 Å². The quantitative estimate of drug-likeness (QED) is 0.553. The van der Waals surface area contributed by atoms with E-state index in [2.05, 4.69) is 22.1 Å². The number of aliphatic hydroxyl groups is 1. The first-order valence-electron chi connectivity index (χ1n) is 14.3. The zero-order valence-corrected chi connectivity index (χ0v) is 23.2. The predicted octanol–water partition coefficient (Wildman–Crippen LogP) is 5.48. The predicted molar refractivity (Wildman–Crippen MR) is 142 cm³/mol. The number of fused-ring (bicyclic) bond motifs is 6. The molecule has 4 aliphatic carbocycles. The number of pyridine rings is 1. The summed E-state index contributed by atoms with van der Waals surface area (Å²) < 4.78 is 5.94. The first-order chi connectivity index (χ1) is 17.6. The van der Waals surface area contributed by atoms with Gasteiger partial charge in [-0.25, -0.2) is 4.98 Å². The van der Waals surface area contributed by atoms with Crippen molar-refractivity contribution in [3.63, 3.8) is 0 Å². The highest BCUT2D eigenvalue weighted by atomic mass is 35.5. The van der Waals surface area contributed by atoms with Crippen LogP contribution < -0.4 is 0 Å². The van der Waals surface area contributed by atoms with E-state index in [0.29, 0.717) is 39.9 Å². The molecular formula is C29H41ClN4O3. The molecule has 8 atom stereocenters. The Morgan fingerprint density at radius 2 is 1.97 bits per heavy atom. The van der Waals surface area contributed by atoms with Crippen LogP contribution in [0, 0.1) is 40.4 Å². The fourth-order valence-corrected chi connectivity index (χ4v) is 9.82. The van der Waals surface area contributed by atoms with Gasteiger partial charge in [0.25, 0.3) is 0 Å². The molecule has 4 aliphatic rings. The Morgan fingerprint density at radius 3 is 2.78 bits per heavy atom. The largest absolute Gasteiger partial charge is 0.390 e. The number of ether oxygens (including phenoxy) is 1. The fourth-order valence-electron chi connectivity index (χ4n) is 9.67. The number of halogens is 1. The summed E-state index contributed by atoms with van der Waals surface area (Å²) in [7, 11) is 1.85. The molecule has 0 bridgehead atoms. The number of carbonyl (C=O) groups excluding carboxylic acids is 1. The molecule has 2 heterocycles. The lowest BCUT2D eigenvalue weighted by molar-refractivity contribution is -0.146. The van der Waals surface area contributed by atoms with Crippen LogP contribution in [-0.2, 0) is 16.1 Å². The summed E-state index contributed by atoms with van der Waals surface area (Å²) >= 11 is 6.06. The molecule has 1 N–H and O–H groups in total. The molecule has 0 amide bonds. The first-order valence-corrected chi connectivity index (χ1v) is 14.6. The summed E-state index contributed by atoms with van der Waals surface area (Å²) in [6.45, 7) is 5.42. The molecule has 2 aromatic heterocycles. The van der Waals surface area contributed by atoms with Gasteiger partial charge in [-0.2, -0.15) is 9.90 Å². The van der Waals surface area contributed by atoms with Gasteiger partial charge in [-0.15, -0.1) is 5.10 Å². The van der Waals surface area contributed by atoms with Crippen molar-refractivity contribution in [1.82, 2.24) is 20.0 Å². The number of aromatic nitrogens is 4. The third-order valence-corrected chi connectivity index (χ3v) is 11.4. The average molecular weight is 529 g/mol. The number of Topliss-reactive ketones (excluding diaryl/α,β-unsaturated/α-hetero) is 1. The van der Waals surface area contributed by atoms with Crippen molar-refractivity contribution in [2.75, 3.05) is 13.7 Å². The Kier molecular flexibility index (Phi) is 6.44. The summed E-state index contributed by atoms with van der Waals surface area (Å²) in [5.41, 5.74) is 0.785. The van der Waals surface area contributed by atoms with E-state index in [4.69, 9.17) is 16.3 Å². The molecule has 0 spiro atoms. The van der Waals surface area contributed by atoms with E-state index < -0.39 is 5.60 Å². The number of methoxy groups -OCH3 is 1. The molecule has 202 valence electrons. The van der Waals surface area contributed by atoms with Gasteiger partial charge >= 0.3 is 0 Å². The van der Waals surface area contributed by atoms with Crippen LogP contribution in [0.4, 0.5) is 0 Å². The topological polar surface area (TPSA) is 90.1 Å². The van der Waals surface area contributed by atoms with E-state index in [0.717, 1.165) is 51.6 Å². The Labute approximate surface area is 224 Å². The zero-order chi connectivity index (χ0) is 26.0. The van der Waals surface area contributed by atoms with Gasteiger partial charge < -0.3 is 9.84 Å². The van der Waals surface area contributed by atoms with E-state index in [1.807, 2.05) is 14.0 Å². The number of hydrogen-bond acceptors (Lipinski definition) is 6. The normalized spacial score (nSPS) is 41.6. The maximum atomic E-state index is 13.7. The first kappa shape index (κ1) is 25.7. The van der Waals surface area contributed by atoms with Gasteiger partial charge in [-0.1, -0.05) is 24.9 Å². The van der Waals surface area contributed by atoms with Crippen molar-refractivity contribution in [2.45, 2.75) is 90.2 Å². The van der Waals surface area contributed by atoms with E-state index in [1.54, 1.807) is 12.3 Å². The molecule has 1 unspecified atom stereocenters. The van der Waals surface area contributed by atoms with Gasteiger partial charge in [0.05, 0.1) is 17.2 Å². The van der Waals surface area contributed by atoms with Gasteiger partial charge in [-0.05, 0) is 105 Å². The molecular weight excluding hydrogens is 488 g/mol. The Hall–Kier alpha value is -1.57. The molecule has 6 rings (SSSR count). The summed E-state index contributed by atoms with van der Waals surface area (Å²) in [6, 6.07) is 1.74. The van der Waals surface area contributed by atoms with Crippen LogP contribution in [-0.4, -0.2) is 50.2 Å². The molecule has 4 fully saturated rings. The molecule has 2 aromatic rings. The zero-order valence-electron chi connectivity index (χ0n) is 22.5. The number of carbonyl (C=O) groups is 1. The molecule has 0 saturated heterocycles. The Morgan fingerprint density at radius 1 is 1.14 bits per heavy atom. The van der Waals surface area contributed by atoms with E-state index in [9.17, 15) is 9.90 Å². The second kappa shape index (κ2) is 9.27. The maximum Gasteiger partial charge on any atom is 0.201 e. The molecule has 4 saturated carbocycles. The van der Waals surface area contributed by atoms with Crippen LogP contribution in [0.2, 0.25) is 5.02 Å². The second-order valence-corrected chi connectivity index (χ2v) is 13.7. The number of nitrogens with zero attached hydrogens (tertiary/aromatic N) is 4. The van der Waals surface area contributed by atoms with Crippen LogP contribution in [0.25, 0.3) is 11.2 Å². The minimum atomic E-state index is -0.554. The minimum Gasteiger partial charge on any atom is -0.390 e. The third kappa shape index (κ3) is 4.24. The molecule has 0 radical (unpaired) electrons. The molecule has 37 heavy (non-hydrogen) atoms. The van der Waals surface area contributed by atoms with Crippen LogP contribution in [0.5, 0.6) is 0 Å². The van der Waals surface area contributed by atoms with Crippen molar-refractivity contribution in [1.29, 1.82) is 0 Å². The van der Waals surface area contributed by atoms with Crippen LogP contribution in [0.3, 0.4) is 0 Å². The number of ketones is 1. The minimum absolute atomic E-state index is 0.0284. The van der Waals surface area contributed by atoms with Crippen LogP contribution >= 0.6 is 11.6 Å². The lowest BCUT2D eigenvalue weighted by Gasteiger charge is -2.58. The SMILES string of the molecule is COC[C@]12CC[C@@](C)(O)C[C@@H]1CCC[C@@H]1[C@@H]3CC[C@H](C(=O)Cn4nc5cc(Cl)cnc5n4)C3(C)CC[C@@H]12. The number of rotatable bonds is 5. The van der Waals surface area contributed by atoms with Crippen molar-refractivity contribution in [3.8, 4) is 0 Å². The van der Waals surface area contributed by atoms with Crippen molar-refractivity contribution >= 4 is 28.5 Å². The monoisotopic (exact) mass is 528 g/mol. The summed E-state index contributed by atoms with van der Waals surface area (Å²) in [4.78, 5) is 19.5. The van der Waals surface area contributed by atoms with Crippen molar-refractivity contribution in [3.05, 3.63) is 17.3 Å². The highest BCUT2D eigenvalue weighted by Crippen LogP contribution is 2.67. The Balaban J connectivity index is 1.24. The maximum absolute atomic E-state index is 13.7. The van der Waals surface area contributed by atoms with Gasteiger partial charge in [0.2, 0.25) is 5.65 Å². The third-order valence-electron chi connectivity index (χ3n) is 11.2. The average Bonchev–Trinajstić information content (AvgIpc) is 3.36. The summed E-state index contributed by atoms with van der Waals surface area (Å²) in [5, 5.41) is 20.4. The smallest absolute Gasteiger partial charge is 0.201 e. The lowest BCUT2D eigenvalue weighted by atomic mass is 9.48. The lowest BCUT2D eigenvalue weighted by Crippen LogP contribution is -2.54. The summed E-state index contributed by atoms with van der Waals surface area (Å²) in [6.07, 6.45) is 12.4. The van der Waals surface area contributed by atoms with Gasteiger partial charge in [0.15, 0.2) is 5.78 Å². The number of hydrogen-bond donors (Lipinski definition) is 1.